The Morgan fingerprint density at radius 3 is 2.76 bits per heavy atom. The van der Waals surface area contributed by atoms with Crippen molar-refractivity contribution in [1.82, 2.24) is 29.9 Å². The zero-order valence-corrected chi connectivity index (χ0v) is 13.4. The molecule has 0 atom stereocenters. The van der Waals surface area contributed by atoms with Gasteiger partial charge in [0.15, 0.2) is 0 Å². The molecular weight excluding hydrogens is 320 g/mol. The zero-order chi connectivity index (χ0) is 17.1. The smallest absolute Gasteiger partial charge is 0.272 e. The minimum absolute atomic E-state index is 0.0572. The van der Waals surface area contributed by atoms with Crippen molar-refractivity contribution < 1.29 is 9.53 Å². The van der Waals surface area contributed by atoms with E-state index in [0.29, 0.717) is 25.4 Å². The Labute approximate surface area is 144 Å². The summed E-state index contributed by atoms with van der Waals surface area (Å²) in [7, 11) is 0. The maximum absolute atomic E-state index is 12.3. The lowest BCUT2D eigenvalue weighted by molar-refractivity contribution is 0.0492. The maximum Gasteiger partial charge on any atom is 0.272 e. The van der Waals surface area contributed by atoms with Gasteiger partial charge in [-0.2, -0.15) is 0 Å². The Bertz CT molecular complexity index is 846. The molecule has 0 aliphatic carbocycles. The lowest BCUT2D eigenvalue weighted by atomic mass is 10.1. The number of carbonyl (C=O) groups is 1. The molecule has 1 aliphatic heterocycles. The van der Waals surface area contributed by atoms with Gasteiger partial charge < -0.3 is 9.64 Å². The highest BCUT2D eigenvalue weighted by Gasteiger charge is 2.33. The second-order valence-electron chi connectivity index (χ2n) is 5.74. The number of aromatic nitrogens is 5. The van der Waals surface area contributed by atoms with Gasteiger partial charge in [0.25, 0.3) is 5.91 Å². The summed E-state index contributed by atoms with van der Waals surface area (Å²) in [5.74, 6) is 0.679. The van der Waals surface area contributed by atoms with Crippen LogP contribution in [0.4, 0.5) is 0 Å². The standard InChI is InChI=1S/C17H16N6O2/c24-17(16-3-1-2-6-19-16)22-10-14(11-22)23-9-13(20-21-23)12-25-15-4-7-18-8-5-15/h1-9,14H,10-12H2. The molecule has 0 bridgehead atoms. The molecule has 0 radical (unpaired) electrons. The molecule has 0 N–H and O–H groups in total. The molecule has 8 nitrogen and oxygen atoms in total. The van der Waals surface area contributed by atoms with Crippen LogP contribution in [0.2, 0.25) is 0 Å². The third-order valence-electron chi connectivity index (χ3n) is 4.00. The highest BCUT2D eigenvalue weighted by molar-refractivity contribution is 5.92. The molecule has 4 rings (SSSR count). The summed E-state index contributed by atoms with van der Waals surface area (Å²) in [6, 6.07) is 9.04. The molecule has 0 saturated carbocycles. The number of amides is 1. The number of rotatable bonds is 5. The highest BCUT2D eigenvalue weighted by Crippen LogP contribution is 2.22. The predicted molar refractivity (Wildman–Crippen MR) is 87.8 cm³/mol. The highest BCUT2D eigenvalue weighted by atomic mass is 16.5. The molecular formula is C17H16N6O2. The Morgan fingerprint density at radius 2 is 2.00 bits per heavy atom. The first-order valence-electron chi connectivity index (χ1n) is 7.93. The SMILES string of the molecule is O=C(c1ccccn1)N1CC(n2cc(COc3ccncc3)nn2)C1. The van der Waals surface area contributed by atoms with Gasteiger partial charge in [-0.1, -0.05) is 11.3 Å². The van der Waals surface area contributed by atoms with Gasteiger partial charge in [0.1, 0.15) is 23.7 Å². The molecule has 1 saturated heterocycles. The van der Waals surface area contributed by atoms with Crippen LogP contribution in [-0.4, -0.2) is 48.9 Å². The summed E-state index contributed by atoms with van der Waals surface area (Å²) in [6.45, 7) is 1.54. The minimum atomic E-state index is -0.0572. The molecule has 8 heteroatoms. The Kier molecular flexibility index (Phi) is 4.07. The predicted octanol–water partition coefficient (Wildman–Crippen LogP) is 1.34. The molecule has 1 fully saturated rings. The molecule has 3 aromatic rings. The first-order valence-corrected chi connectivity index (χ1v) is 7.93. The fraction of sp³-hybridized carbons (Fsp3) is 0.235. The summed E-state index contributed by atoms with van der Waals surface area (Å²) in [5.41, 5.74) is 1.21. The maximum atomic E-state index is 12.3. The molecule has 126 valence electrons. The Morgan fingerprint density at radius 1 is 1.16 bits per heavy atom. The van der Waals surface area contributed by atoms with Crippen molar-refractivity contribution in [2.75, 3.05) is 13.1 Å². The molecule has 1 aliphatic rings. The number of likely N-dealkylation sites (tertiary alicyclic amines) is 1. The lowest BCUT2D eigenvalue weighted by Crippen LogP contribution is -2.51. The van der Waals surface area contributed by atoms with Crippen LogP contribution in [-0.2, 0) is 6.61 Å². The normalized spacial score (nSPS) is 14.2. The number of hydrogen-bond acceptors (Lipinski definition) is 6. The van der Waals surface area contributed by atoms with E-state index in [1.54, 1.807) is 52.4 Å². The van der Waals surface area contributed by atoms with E-state index in [1.165, 1.54) is 0 Å². The van der Waals surface area contributed by atoms with E-state index < -0.39 is 0 Å². The van der Waals surface area contributed by atoms with E-state index in [0.717, 1.165) is 11.4 Å². The van der Waals surface area contributed by atoms with Crippen LogP contribution in [0.15, 0.2) is 55.1 Å². The number of pyridine rings is 2. The quantitative estimate of drug-likeness (QED) is 0.699. The summed E-state index contributed by atoms with van der Waals surface area (Å²) >= 11 is 0. The second-order valence-corrected chi connectivity index (χ2v) is 5.74. The van der Waals surface area contributed by atoms with Gasteiger partial charge >= 0.3 is 0 Å². The van der Waals surface area contributed by atoms with Crippen LogP contribution < -0.4 is 4.74 Å². The molecule has 0 spiro atoms. The first-order chi connectivity index (χ1) is 12.3. The van der Waals surface area contributed by atoms with E-state index in [2.05, 4.69) is 20.3 Å². The van der Waals surface area contributed by atoms with Crippen molar-refractivity contribution in [2.45, 2.75) is 12.6 Å². The topological polar surface area (TPSA) is 86.0 Å². The van der Waals surface area contributed by atoms with Crippen LogP contribution in [0.1, 0.15) is 22.2 Å². The summed E-state index contributed by atoms with van der Waals surface area (Å²) in [6.07, 6.45) is 6.83. The third-order valence-corrected chi connectivity index (χ3v) is 4.00. The molecule has 0 aromatic carbocycles. The Hall–Kier alpha value is -3.29. The summed E-state index contributed by atoms with van der Waals surface area (Å²) in [5, 5.41) is 8.26. The minimum Gasteiger partial charge on any atom is -0.487 e. The molecule has 1 amide bonds. The van der Waals surface area contributed by atoms with Gasteiger partial charge in [-0.15, -0.1) is 5.10 Å². The number of carbonyl (C=O) groups excluding carboxylic acids is 1. The van der Waals surface area contributed by atoms with Crippen molar-refractivity contribution in [1.29, 1.82) is 0 Å². The van der Waals surface area contributed by atoms with Crippen molar-refractivity contribution >= 4 is 5.91 Å². The average molecular weight is 336 g/mol. The van der Waals surface area contributed by atoms with E-state index >= 15 is 0 Å². The van der Waals surface area contributed by atoms with Gasteiger partial charge in [0.2, 0.25) is 0 Å². The average Bonchev–Trinajstić information content (AvgIpc) is 3.09. The van der Waals surface area contributed by atoms with Gasteiger partial charge in [0, 0.05) is 31.7 Å². The van der Waals surface area contributed by atoms with E-state index in [9.17, 15) is 4.79 Å². The first kappa shape index (κ1) is 15.3. The lowest BCUT2D eigenvalue weighted by Gasteiger charge is -2.38. The number of hydrogen-bond donors (Lipinski definition) is 0. The van der Waals surface area contributed by atoms with Gasteiger partial charge in [0.05, 0.1) is 12.2 Å². The van der Waals surface area contributed by atoms with Crippen LogP contribution in [0.5, 0.6) is 5.75 Å². The zero-order valence-electron chi connectivity index (χ0n) is 13.4. The van der Waals surface area contributed by atoms with Gasteiger partial charge in [-0.05, 0) is 24.3 Å². The third kappa shape index (κ3) is 3.32. The van der Waals surface area contributed by atoms with Gasteiger partial charge in [-0.25, -0.2) is 4.68 Å². The second kappa shape index (κ2) is 6.68. The van der Waals surface area contributed by atoms with Crippen molar-refractivity contribution in [2.24, 2.45) is 0 Å². The van der Waals surface area contributed by atoms with Gasteiger partial charge in [-0.3, -0.25) is 14.8 Å². The molecule has 4 heterocycles. The van der Waals surface area contributed by atoms with Crippen molar-refractivity contribution in [3.8, 4) is 5.75 Å². The largest absolute Gasteiger partial charge is 0.487 e. The van der Waals surface area contributed by atoms with Crippen molar-refractivity contribution in [3.05, 3.63) is 66.5 Å². The van der Waals surface area contributed by atoms with Crippen LogP contribution in [0.3, 0.4) is 0 Å². The van der Waals surface area contributed by atoms with E-state index in [-0.39, 0.29) is 11.9 Å². The summed E-state index contributed by atoms with van der Waals surface area (Å²) < 4.78 is 7.41. The summed E-state index contributed by atoms with van der Waals surface area (Å²) in [4.78, 5) is 22.0. The monoisotopic (exact) mass is 336 g/mol. The van der Waals surface area contributed by atoms with Crippen LogP contribution in [0, 0.1) is 0 Å². The van der Waals surface area contributed by atoms with Crippen LogP contribution >= 0.6 is 0 Å². The number of nitrogens with zero attached hydrogens (tertiary/aromatic N) is 6. The van der Waals surface area contributed by atoms with E-state index in [1.807, 2.05) is 12.3 Å². The van der Waals surface area contributed by atoms with Crippen molar-refractivity contribution in [3.63, 3.8) is 0 Å². The number of ether oxygens (including phenoxy) is 1. The molecule has 0 unspecified atom stereocenters. The molecule has 25 heavy (non-hydrogen) atoms. The molecule has 3 aromatic heterocycles. The fourth-order valence-corrected chi connectivity index (χ4v) is 2.59. The van der Waals surface area contributed by atoms with E-state index in [4.69, 9.17) is 4.74 Å². The fourth-order valence-electron chi connectivity index (χ4n) is 2.59. The van der Waals surface area contributed by atoms with Crippen LogP contribution in [0.25, 0.3) is 0 Å². The Balaban J connectivity index is 1.31.